The van der Waals surface area contributed by atoms with Gasteiger partial charge in [0.25, 0.3) is 0 Å². The van der Waals surface area contributed by atoms with Gasteiger partial charge in [-0.05, 0) is 19.2 Å². The van der Waals surface area contributed by atoms with Crippen molar-refractivity contribution in [2.24, 2.45) is 5.73 Å². The van der Waals surface area contributed by atoms with Gasteiger partial charge in [-0.15, -0.1) is 0 Å². The lowest BCUT2D eigenvalue weighted by Crippen LogP contribution is -1.83. The van der Waals surface area contributed by atoms with Crippen LogP contribution in [-0.4, -0.2) is 18.3 Å². The molecule has 72 valence electrons. The molecule has 0 aliphatic rings. The summed E-state index contributed by atoms with van der Waals surface area (Å²) in [6.45, 7) is 0. The van der Waals surface area contributed by atoms with Crippen molar-refractivity contribution < 1.29 is 4.79 Å². The maximum absolute atomic E-state index is 10.6. The molecule has 0 bridgehead atoms. The molecule has 2 N–H and O–H groups in total. The molecule has 0 radical (unpaired) electrons. The summed E-state index contributed by atoms with van der Waals surface area (Å²) in [6, 6.07) is 9.24. The Balaban J connectivity index is 0.000000461. The summed E-state index contributed by atoms with van der Waals surface area (Å²) in [4.78, 5) is 14.7. The monoisotopic (exact) mass is 188 g/mol. The largest absolute Gasteiger partial charge is 0.333 e. The highest BCUT2D eigenvalue weighted by Gasteiger charge is 1.97. The molecule has 0 saturated heterocycles. The van der Waals surface area contributed by atoms with Gasteiger partial charge in [-0.1, -0.05) is 18.2 Å². The fourth-order valence-corrected chi connectivity index (χ4v) is 1.23. The third-order valence-electron chi connectivity index (χ3n) is 1.81. The Labute approximate surface area is 82.6 Å². The van der Waals surface area contributed by atoms with Crippen molar-refractivity contribution in [3.05, 3.63) is 42.1 Å². The van der Waals surface area contributed by atoms with E-state index in [-0.39, 0.29) is 0 Å². The van der Waals surface area contributed by atoms with Gasteiger partial charge in [0.15, 0.2) is 6.29 Å². The molecule has 0 aliphatic heterocycles. The number of benzene rings is 1. The van der Waals surface area contributed by atoms with Gasteiger partial charge in [0.05, 0.1) is 5.52 Å². The average Bonchev–Trinajstić information content (AvgIpc) is 2.31. The number of hydrogen-bond acceptors (Lipinski definition) is 3. The molecule has 0 spiro atoms. The third-order valence-corrected chi connectivity index (χ3v) is 1.81. The van der Waals surface area contributed by atoms with E-state index < -0.39 is 0 Å². The topological polar surface area (TPSA) is 56.0 Å². The zero-order chi connectivity index (χ0) is 10.4. The van der Waals surface area contributed by atoms with Crippen LogP contribution >= 0.6 is 0 Å². The van der Waals surface area contributed by atoms with E-state index in [1.54, 1.807) is 12.3 Å². The average molecular weight is 188 g/mol. The van der Waals surface area contributed by atoms with Crippen LogP contribution in [0, 0.1) is 0 Å². The zero-order valence-electron chi connectivity index (χ0n) is 7.97. The second-order valence-corrected chi connectivity index (χ2v) is 2.54. The van der Waals surface area contributed by atoms with E-state index in [1.165, 1.54) is 7.05 Å². The van der Waals surface area contributed by atoms with Crippen LogP contribution in [0.2, 0.25) is 0 Å². The molecule has 0 aliphatic carbocycles. The minimum absolute atomic E-state index is 0.695. The fraction of sp³-hybridized carbons (Fsp3) is 0.0909. The van der Waals surface area contributed by atoms with Crippen molar-refractivity contribution in [1.29, 1.82) is 0 Å². The number of nitrogens with zero attached hydrogens (tertiary/aromatic N) is 1. The van der Waals surface area contributed by atoms with Crippen LogP contribution in [0.25, 0.3) is 10.9 Å². The highest BCUT2D eigenvalue weighted by atomic mass is 16.1. The van der Waals surface area contributed by atoms with Crippen molar-refractivity contribution in [3.8, 4) is 0 Å². The first-order valence-corrected chi connectivity index (χ1v) is 4.28. The van der Waals surface area contributed by atoms with Crippen molar-refractivity contribution >= 4 is 17.2 Å². The first-order valence-electron chi connectivity index (χ1n) is 4.28. The van der Waals surface area contributed by atoms with Crippen LogP contribution in [0.4, 0.5) is 0 Å². The summed E-state index contributed by atoms with van der Waals surface area (Å²) in [5.74, 6) is 0. The molecule has 0 atom stereocenters. The zero-order valence-corrected chi connectivity index (χ0v) is 7.97. The van der Waals surface area contributed by atoms with E-state index in [2.05, 4.69) is 10.7 Å². The van der Waals surface area contributed by atoms with E-state index in [0.717, 1.165) is 17.2 Å². The fourth-order valence-electron chi connectivity index (χ4n) is 1.23. The Kier molecular flexibility index (Phi) is 3.76. The Hall–Kier alpha value is -1.74. The molecule has 0 amide bonds. The highest BCUT2D eigenvalue weighted by Crippen LogP contribution is 2.13. The van der Waals surface area contributed by atoms with Crippen LogP contribution in [0.3, 0.4) is 0 Å². The second-order valence-electron chi connectivity index (χ2n) is 2.54. The maximum atomic E-state index is 10.6. The van der Waals surface area contributed by atoms with Gasteiger partial charge < -0.3 is 5.73 Å². The van der Waals surface area contributed by atoms with Crippen molar-refractivity contribution in [3.63, 3.8) is 0 Å². The Morgan fingerprint density at radius 3 is 2.71 bits per heavy atom. The highest BCUT2D eigenvalue weighted by molar-refractivity contribution is 5.96. The summed E-state index contributed by atoms with van der Waals surface area (Å²) in [7, 11) is 1.50. The van der Waals surface area contributed by atoms with Gasteiger partial charge in [-0.3, -0.25) is 9.78 Å². The number of carbonyl (C=O) groups excluding carboxylic acids is 1. The quantitative estimate of drug-likeness (QED) is 0.692. The van der Waals surface area contributed by atoms with Crippen molar-refractivity contribution in [2.75, 3.05) is 7.05 Å². The number of hydrogen-bond donors (Lipinski definition) is 1. The van der Waals surface area contributed by atoms with Crippen molar-refractivity contribution in [2.45, 2.75) is 0 Å². The second kappa shape index (κ2) is 5.09. The molecule has 1 heterocycles. The van der Waals surface area contributed by atoms with Crippen LogP contribution < -0.4 is 5.73 Å². The van der Waals surface area contributed by atoms with Gasteiger partial charge in [0.2, 0.25) is 0 Å². The number of aromatic nitrogens is 1. The smallest absolute Gasteiger partial charge is 0.150 e. The molecular formula is C11H12N2O. The molecule has 0 unspecified atom stereocenters. The normalized spacial score (nSPS) is 9.00. The minimum Gasteiger partial charge on any atom is -0.333 e. The number of carbonyl (C=O) groups is 1. The predicted molar refractivity (Wildman–Crippen MR) is 57.2 cm³/mol. The van der Waals surface area contributed by atoms with Gasteiger partial charge in [-0.25, -0.2) is 0 Å². The summed E-state index contributed by atoms with van der Waals surface area (Å²) in [6.07, 6.45) is 2.57. The van der Waals surface area contributed by atoms with E-state index in [0.29, 0.717) is 5.56 Å². The summed E-state index contributed by atoms with van der Waals surface area (Å²) < 4.78 is 0. The minimum atomic E-state index is 0.695. The lowest BCUT2D eigenvalue weighted by molar-refractivity contribution is 0.112. The first-order chi connectivity index (χ1) is 6.92. The van der Waals surface area contributed by atoms with Gasteiger partial charge in [-0.2, -0.15) is 0 Å². The van der Waals surface area contributed by atoms with E-state index >= 15 is 0 Å². The SMILES string of the molecule is CN.O=Cc1cccc2ncccc12. The molecular weight excluding hydrogens is 176 g/mol. The Bertz CT molecular complexity index is 421. The Morgan fingerprint density at radius 1 is 1.21 bits per heavy atom. The number of fused-ring (bicyclic) bond motifs is 1. The van der Waals surface area contributed by atoms with E-state index in [9.17, 15) is 4.79 Å². The van der Waals surface area contributed by atoms with Gasteiger partial charge >= 0.3 is 0 Å². The summed E-state index contributed by atoms with van der Waals surface area (Å²) >= 11 is 0. The van der Waals surface area contributed by atoms with Crippen LogP contribution in [0.15, 0.2) is 36.5 Å². The number of nitrogens with two attached hydrogens (primary N) is 1. The van der Waals surface area contributed by atoms with Gasteiger partial charge in [0.1, 0.15) is 0 Å². The van der Waals surface area contributed by atoms with Crippen LogP contribution in [-0.2, 0) is 0 Å². The lowest BCUT2D eigenvalue weighted by Gasteiger charge is -1.97. The molecule has 2 rings (SSSR count). The number of rotatable bonds is 1. The van der Waals surface area contributed by atoms with Crippen LogP contribution in [0.1, 0.15) is 10.4 Å². The third kappa shape index (κ3) is 1.95. The molecule has 3 nitrogen and oxygen atoms in total. The number of aldehydes is 1. The lowest BCUT2D eigenvalue weighted by atomic mass is 10.1. The number of pyridine rings is 1. The summed E-state index contributed by atoms with van der Waals surface area (Å²) in [5.41, 5.74) is 6.06. The molecule has 0 saturated carbocycles. The molecule has 3 heteroatoms. The predicted octanol–water partition coefficient (Wildman–Crippen LogP) is 1.62. The van der Waals surface area contributed by atoms with Gasteiger partial charge in [0, 0.05) is 17.1 Å². The molecule has 2 aromatic rings. The molecule has 0 fully saturated rings. The van der Waals surface area contributed by atoms with Crippen LogP contribution in [0.5, 0.6) is 0 Å². The molecule has 1 aromatic carbocycles. The maximum Gasteiger partial charge on any atom is 0.150 e. The Morgan fingerprint density at radius 2 is 2.00 bits per heavy atom. The molecule has 14 heavy (non-hydrogen) atoms. The first kappa shape index (κ1) is 10.3. The van der Waals surface area contributed by atoms with E-state index in [1.807, 2.05) is 24.3 Å². The van der Waals surface area contributed by atoms with E-state index in [4.69, 9.17) is 0 Å². The van der Waals surface area contributed by atoms with Crippen molar-refractivity contribution in [1.82, 2.24) is 4.98 Å². The summed E-state index contributed by atoms with van der Waals surface area (Å²) in [5, 5.41) is 0.912. The standard InChI is InChI=1S/C10H7NO.CH5N/c12-7-8-3-1-5-10-9(8)4-2-6-11-10;1-2/h1-7H;2H2,1H3. The molecule has 1 aromatic heterocycles.